The molecule has 1 saturated heterocycles. The van der Waals surface area contributed by atoms with Crippen molar-refractivity contribution in [3.8, 4) is 12.3 Å². The molecule has 9 nitrogen and oxygen atoms in total. The molecule has 1 aliphatic rings. The summed E-state index contributed by atoms with van der Waals surface area (Å²) in [7, 11) is 0. The molecule has 2 aromatic rings. The van der Waals surface area contributed by atoms with Crippen molar-refractivity contribution in [2.45, 2.75) is 24.0 Å². The molecule has 0 aromatic carbocycles. The normalized spacial score (nSPS) is 31.5. The lowest BCUT2D eigenvalue weighted by atomic mass is 9.97. The van der Waals surface area contributed by atoms with E-state index < -0.39 is 36.7 Å². The van der Waals surface area contributed by atoms with Gasteiger partial charge in [-0.3, -0.25) is 4.57 Å². The van der Waals surface area contributed by atoms with Crippen LogP contribution < -0.4 is 5.73 Å². The number of nitrogens with zero attached hydrogens (tertiary/aromatic N) is 4. The number of aliphatic hydroxyl groups is 3. The molecule has 0 amide bonds. The molecule has 0 aliphatic carbocycles. The predicted molar refractivity (Wildman–Crippen MR) is 70.5 cm³/mol. The first-order valence-corrected chi connectivity index (χ1v) is 6.21. The van der Waals surface area contributed by atoms with E-state index in [4.69, 9.17) is 16.9 Å². The van der Waals surface area contributed by atoms with Crippen LogP contribution in [0.2, 0.25) is 0 Å². The van der Waals surface area contributed by atoms with E-state index >= 15 is 0 Å². The van der Waals surface area contributed by atoms with E-state index in [-0.39, 0.29) is 17.0 Å². The summed E-state index contributed by atoms with van der Waals surface area (Å²) < 4.78 is 19.9. The number of aromatic nitrogens is 4. The lowest BCUT2D eigenvalue weighted by Gasteiger charge is -2.23. The zero-order chi connectivity index (χ0) is 16.1. The number of rotatable bonds is 2. The van der Waals surface area contributed by atoms with Gasteiger partial charge >= 0.3 is 6.08 Å². The molecule has 5 N–H and O–H groups in total. The lowest BCUT2D eigenvalue weighted by molar-refractivity contribution is -0.0911. The molecule has 0 saturated carbocycles. The van der Waals surface area contributed by atoms with Crippen LogP contribution in [-0.2, 0) is 4.74 Å². The topological polar surface area (TPSA) is 140 Å². The number of aliphatic hydroxyl groups excluding tert-OH is 3. The summed E-state index contributed by atoms with van der Waals surface area (Å²) in [5.74, 6) is 1.94. The molecule has 1 fully saturated rings. The highest BCUT2D eigenvalue weighted by atomic mass is 19.1. The number of fused-ring (bicyclic) bond motifs is 1. The highest BCUT2D eigenvalue weighted by molar-refractivity contribution is 5.81. The van der Waals surface area contributed by atoms with Crippen LogP contribution in [0.3, 0.4) is 0 Å². The van der Waals surface area contributed by atoms with Crippen molar-refractivity contribution in [3.63, 3.8) is 0 Å². The van der Waals surface area contributed by atoms with Crippen LogP contribution in [0, 0.1) is 18.4 Å². The zero-order valence-corrected chi connectivity index (χ0v) is 11.1. The van der Waals surface area contributed by atoms with Gasteiger partial charge in [0, 0.05) is 0 Å². The van der Waals surface area contributed by atoms with Crippen LogP contribution in [0.1, 0.15) is 6.23 Å². The van der Waals surface area contributed by atoms with Gasteiger partial charge < -0.3 is 25.8 Å². The summed E-state index contributed by atoms with van der Waals surface area (Å²) in [4.78, 5) is 10.8. The number of halogens is 1. The highest BCUT2D eigenvalue weighted by Crippen LogP contribution is 2.38. The number of nitrogen functional groups attached to an aromatic ring is 1. The molecule has 0 radical (unpaired) electrons. The zero-order valence-electron chi connectivity index (χ0n) is 11.1. The first kappa shape index (κ1) is 14.6. The number of imidazole rings is 1. The van der Waals surface area contributed by atoms with E-state index in [0.29, 0.717) is 0 Å². The highest BCUT2D eigenvalue weighted by Gasteiger charge is 2.54. The maximum absolute atomic E-state index is 13.3. The van der Waals surface area contributed by atoms with Gasteiger partial charge in [0.1, 0.15) is 12.2 Å². The van der Waals surface area contributed by atoms with Crippen LogP contribution in [0.15, 0.2) is 6.33 Å². The van der Waals surface area contributed by atoms with E-state index in [2.05, 4.69) is 20.9 Å². The average Bonchev–Trinajstić information content (AvgIpc) is 3.01. The quantitative estimate of drug-likeness (QED) is 0.375. The number of ether oxygens (including phenoxy) is 1. The van der Waals surface area contributed by atoms with Crippen molar-refractivity contribution < 1.29 is 24.4 Å². The third kappa shape index (κ3) is 1.84. The van der Waals surface area contributed by atoms with E-state index in [9.17, 15) is 19.7 Å². The van der Waals surface area contributed by atoms with Gasteiger partial charge in [0.25, 0.3) is 0 Å². The Balaban J connectivity index is 2.11. The molecule has 1 aliphatic heterocycles. The summed E-state index contributed by atoms with van der Waals surface area (Å²) in [5.41, 5.74) is 3.83. The second-order valence-corrected chi connectivity index (χ2v) is 4.84. The van der Waals surface area contributed by atoms with Crippen molar-refractivity contribution in [2.24, 2.45) is 0 Å². The van der Waals surface area contributed by atoms with Gasteiger partial charge in [0.2, 0.25) is 0 Å². The van der Waals surface area contributed by atoms with Gasteiger partial charge in [-0.05, 0) is 0 Å². The van der Waals surface area contributed by atoms with E-state index in [1.165, 1.54) is 10.9 Å². The second-order valence-electron chi connectivity index (χ2n) is 4.84. The minimum absolute atomic E-state index is 0.0352. The van der Waals surface area contributed by atoms with Crippen LogP contribution in [-0.4, -0.2) is 59.3 Å². The fourth-order valence-corrected chi connectivity index (χ4v) is 2.40. The Hall–Kier alpha value is -2.32. The second kappa shape index (κ2) is 4.85. The first-order valence-electron chi connectivity index (χ1n) is 6.21. The number of terminal acetylenes is 1. The summed E-state index contributed by atoms with van der Waals surface area (Å²) >= 11 is 0. The molecule has 3 heterocycles. The Bertz CT molecular complexity index is 775. The van der Waals surface area contributed by atoms with Gasteiger partial charge in [0.15, 0.2) is 28.8 Å². The molecule has 116 valence electrons. The van der Waals surface area contributed by atoms with Crippen molar-refractivity contribution in [3.05, 3.63) is 12.4 Å². The van der Waals surface area contributed by atoms with Gasteiger partial charge in [-0.25, -0.2) is 4.98 Å². The molecule has 2 aromatic heterocycles. The third-order valence-electron chi connectivity index (χ3n) is 3.60. The molecule has 10 heteroatoms. The Labute approximate surface area is 123 Å². The Morgan fingerprint density at radius 2 is 2.23 bits per heavy atom. The number of anilines is 1. The molecular formula is C12H12FN5O4. The van der Waals surface area contributed by atoms with Gasteiger partial charge in [-0.2, -0.15) is 14.4 Å². The average molecular weight is 309 g/mol. The van der Waals surface area contributed by atoms with Crippen LogP contribution in [0.4, 0.5) is 10.2 Å². The fraction of sp³-hybridized carbons (Fsp3) is 0.417. The molecule has 3 rings (SSSR count). The third-order valence-corrected chi connectivity index (χ3v) is 3.60. The summed E-state index contributed by atoms with van der Waals surface area (Å²) in [6.07, 6.45) is 1.13. The largest absolute Gasteiger partial charge is 0.392 e. The fourth-order valence-electron chi connectivity index (χ4n) is 2.40. The van der Waals surface area contributed by atoms with E-state index in [1.807, 2.05) is 0 Å². The van der Waals surface area contributed by atoms with Crippen molar-refractivity contribution in [2.75, 3.05) is 12.3 Å². The molecular weight excluding hydrogens is 297 g/mol. The SMILES string of the molecule is C#C[C@]1(CO)O[C@@H](n2cnc3c(N)nc(F)nc32)[C@@H](O)C1O. The Morgan fingerprint density at radius 1 is 1.50 bits per heavy atom. The minimum Gasteiger partial charge on any atom is -0.392 e. The summed E-state index contributed by atoms with van der Waals surface area (Å²) in [6, 6.07) is 0. The van der Waals surface area contributed by atoms with Crippen LogP contribution >= 0.6 is 0 Å². The van der Waals surface area contributed by atoms with Crippen LogP contribution in [0.5, 0.6) is 0 Å². The lowest BCUT2D eigenvalue weighted by Crippen LogP contribution is -2.44. The van der Waals surface area contributed by atoms with Crippen molar-refractivity contribution in [1.29, 1.82) is 0 Å². The monoisotopic (exact) mass is 309 g/mol. The summed E-state index contributed by atoms with van der Waals surface area (Å²) in [6.45, 7) is -0.712. The van der Waals surface area contributed by atoms with Gasteiger partial charge in [0.05, 0.1) is 12.9 Å². The smallest absolute Gasteiger partial charge is 0.312 e. The number of hydrogen-bond donors (Lipinski definition) is 4. The molecule has 1 unspecified atom stereocenters. The summed E-state index contributed by atoms with van der Waals surface area (Å²) in [5, 5.41) is 29.5. The Morgan fingerprint density at radius 3 is 2.82 bits per heavy atom. The first-order chi connectivity index (χ1) is 10.4. The predicted octanol–water partition coefficient (Wildman–Crippen LogP) is -1.84. The number of nitrogens with two attached hydrogens (primary N) is 1. The van der Waals surface area contributed by atoms with E-state index in [1.54, 1.807) is 0 Å². The molecule has 0 spiro atoms. The maximum Gasteiger partial charge on any atom is 0.312 e. The molecule has 22 heavy (non-hydrogen) atoms. The Kier molecular flexibility index (Phi) is 3.22. The van der Waals surface area contributed by atoms with Gasteiger partial charge in [-0.1, -0.05) is 5.92 Å². The number of hydrogen-bond acceptors (Lipinski definition) is 8. The standard InChI is InChI=1S/C12H12FN5O4/c1-2-12(3-19)7(21)6(20)10(22-12)18-4-15-5-8(14)16-11(13)17-9(5)18/h1,4,6-7,10,19-21H,3H2,(H2,14,16,17)/t6-,7?,10+,12+/m0/s1. The van der Waals surface area contributed by atoms with E-state index in [0.717, 1.165) is 0 Å². The van der Waals surface area contributed by atoms with Crippen molar-refractivity contribution in [1.82, 2.24) is 19.5 Å². The van der Waals surface area contributed by atoms with Crippen LogP contribution in [0.25, 0.3) is 11.2 Å². The molecule has 4 atom stereocenters. The maximum atomic E-state index is 13.3. The minimum atomic E-state index is -1.78. The molecule has 0 bridgehead atoms. The van der Waals surface area contributed by atoms with Crippen molar-refractivity contribution >= 4 is 17.0 Å². The van der Waals surface area contributed by atoms with Gasteiger partial charge in [-0.15, -0.1) is 6.42 Å².